The van der Waals surface area contributed by atoms with Crippen molar-refractivity contribution in [3.8, 4) is 12.3 Å². The van der Waals surface area contributed by atoms with Gasteiger partial charge in [0.15, 0.2) is 0 Å². The fourth-order valence-corrected chi connectivity index (χ4v) is 2.17. The molecule has 88 valence electrons. The van der Waals surface area contributed by atoms with E-state index in [-0.39, 0.29) is 11.8 Å². The zero-order chi connectivity index (χ0) is 11.9. The highest BCUT2D eigenvalue weighted by molar-refractivity contribution is 7.89. The highest BCUT2D eigenvalue weighted by Gasteiger charge is 2.14. The molecule has 1 atom stereocenters. The summed E-state index contributed by atoms with van der Waals surface area (Å²) in [6.07, 6.45) is 5.78. The van der Waals surface area contributed by atoms with Crippen LogP contribution in [0.25, 0.3) is 0 Å². The van der Waals surface area contributed by atoms with Crippen LogP contribution in [0.15, 0.2) is 0 Å². The van der Waals surface area contributed by atoms with E-state index in [1.165, 1.54) is 0 Å². The first-order chi connectivity index (χ1) is 6.91. The monoisotopic (exact) mass is 232 g/mol. The zero-order valence-corrected chi connectivity index (χ0v) is 10.4. The zero-order valence-electron chi connectivity index (χ0n) is 9.58. The van der Waals surface area contributed by atoms with Gasteiger partial charge >= 0.3 is 0 Å². The van der Waals surface area contributed by atoms with Crippen LogP contribution in [0.5, 0.6) is 0 Å². The van der Waals surface area contributed by atoms with Crippen LogP contribution >= 0.6 is 0 Å². The molecule has 5 heteroatoms. The SMILES string of the molecule is C#CC(CC)NS(=O)(=O)CCNC(C)C. The Morgan fingerprint density at radius 1 is 1.40 bits per heavy atom. The van der Waals surface area contributed by atoms with E-state index in [2.05, 4.69) is 16.0 Å². The third-order valence-electron chi connectivity index (χ3n) is 1.85. The third kappa shape index (κ3) is 7.37. The van der Waals surface area contributed by atoms with Crippen molar-refractivity contribution in [3.63, 3.8) is 0 Å². The van der Waals surface area contributed by atoms with Crippen LogP contribution in [-0.2, 0) is 10.0 Å². The summed E-state index contributed by atoms with van der Waals surface area (Å²) in [5, 5.41) is 3.04. The Morgan fingerprint density at radius 3 is 2.40 bits per heavy atom. The van der Waals surface area contributed by atoms with E-state index in [4.69, 9.17) is 6.42 Å². The first-order valence-corrected chi connectivity index (χ1v) is 6.76. The van der Waals surface area contributed by atoms with E-state index < -0.39 is 16.1 Å². The second-order valence-corrected chi connectivity index (χ2v) is 5.55. The molecule has 0 fully saturated rings. The molecular formula is C10H20N2O2S. The average Bonchev–Trinajstić information content (AvgIpc) is 2.13. The first-order valence-electron chi connectivity index (χ1n) is 5.10. The predicted octanol–water partition coefficient (Wildman–Crippen LogP) is 0.316. The molecule has 0 aliphatic carbocycles. The summed E-state index contributed by atoms with van der Waals surface area (Å²) in [5.41, 5.74) is 0. The van der Waals surface area contributed by atoms with Crippen molar-refractivity contribution in [2.75, 3.05) is 12.3 Å². The maximum absolute atomic E-state index is 11.5. The molecule has 0 spiro atoms. The van der Waals surface area contributed by atoms with E-state index in [1.54, 1.807) is 0 Å². The lowest BCUT2D eigenvalue weighted by Crippen LogP contribution is -2.38. The second kappa shape index (κ2) is 6.83. The Morgan fingerprint density at radius 2 is 2.00 bits per heavy atom. The van der Waals surface area contributed by atoms with Gasteiger partial charge in [0.05, 0.1) is 11.8 Å². The average molecular weight is 232 g/mol. The molecule has 0 saturated heterocycles. The molecule has 1 unspecified atom stereocenters. The Hall–Kier alpha value is -0.570. The van der Waals surface area contributed by atoms with E-state index in [1.807, 2.05) is 20.8 Å². The molecule has 0 saturated carbocycles. The molecular weight excluding hydrogens is 212 g/mol. The number of nitrogens with one attached hydrogen (secondary N) is 2. The van der Waals surface area contributed by atoms with Gasteiger partial charge in [-0.15, -0.1) is 6.42 Å². The summed E-state index contributed by atoms with van der Waals surface area (Å²) >= 11 is 0. The molecule has 0 bridgehead atoms. The molecule has 0 aliphatic rings. The molecule has 15 heavy (non-hydrogen) atoms. The van der Waals surface area contributed by atoms with Gasteiger partial charge in [-0.05, 0) is 6.42 Å². The molecule has 0 radical (unpaired) electrons. The van der Waals surface area contributed by atoms with Crippen LogP contribution in [0, 0.1) is 12.3 Å². The minimum absolute atomic E-state index is 0.0589. The van der Waals surface area contributed by atoms with Crippen LogP contribution < -0.4 is 10.0 Å². The Labute approximate surface area is 92.9 Å². The summed E-state index contributed by atoms with van der Waals surface area (Å²) in [4.78, 5) is 0. The van der Waals surface area contributed by atoms with Crippen LogP contribution in [0.4, 0.5) is 0 Å². The molecule has 0 heterocycles. The molecule has 4 nitrogen and oxygen atoms in total. The van der Waals surface area contributed by atoms with Crippen molar-refractivity contribution in [2.24, 2.45) is 0 Å². The molecule has 0 amide bonds. The van der Waals surface area contributed by atoms with Crippen LogP contribution in [-0.4, -0.2) is 32.8 Å². The summed E-state index contributed by atoms with van der Waals surface area (Å²) in [7, 11) is -3.26. The van der Waals surface area contributed by atoms with Gasteiger partial charge in [0.2, 0.25) is 10.0 Å². The van der Waals surface area contributed by atoms with Crippen LogP contribution in [0.2, 0.25) is 0 Å². The summed E-state index contributed by atoms with van der Waals surface area (Å²) in [5.74, 6) is 2.46. The van der Waals surface area contributed by atoms with Gasteiger partial charge in [0, 0.05) is 12.6 Å². The Kier molecular flexibility index (Phi) is 6.57. The van der Waals surface area contributed by atoms with Gasteiger partial charge in [-0.1, -0.05) is 26.7 Å². The van der Waals surface area contributed by atoms with Crippen LogP contribution in [0.1, 0.15) is 27.2 Å². The molecule has 0 aliphatic heterocycles. The van der Waals surface area contributed by atoms with Gasteiger partial charge in [-0.25, -0.2) is 13.1 Å². The first kappa shape index (κ1) is 14.4. The van der Waals surface area contributed by atoms with Crippen LogP contribution in [0.3, 0.4) is 0 Å². The maximum Gasteiger partial charge on any atom is 0.213 e. The Bertz CT molecular complexity index is 304. The maximum atomic E-state index is 11.5. The largest absolute Gasteiger partial charge is 0.313 e. The fourth-order valence-electron chi connectivity index (χ4n) is 0.993. The lowest BCUT2D eigenvalue weighted by molar-refractivity contribution is 0.558. The van der Waals surface area contributed by atoms with Crippen molar-refractivity contribution in [2.45, 2.75) is 39.3 Å². The van der Waals surface area contributed by atoms with Crippen molar-refractivity contribution in [1.82, 2.24) is 10.0 Å². The van der Waals surface area contributed by atoms with E-state index in [0.717, 1.165) is 0 Å². The van der Waals surface area contributed by atoms with Crippen molar-refractivity contribution >= 4 is 10.0 Å². The smallest absolute Gasteiger partial charge is 0.213 e. The summed E-state index contributed by atoms with van der Waals surface area (Å²) in [6.45, 7) is 6.22. The Balaban J connectivity index is 4.04. The summed E-state index contributed by atoms with van der Waals surface area (Å²) < 4.78 is 25.4. The van der Waals surface area contributed by atoms with E-state index in [9.17, 15) is 8.42 Å². The number of rotatable bonds is 7. The number of hydrogen-bond donors (Lipinski definition) is 2. The van der Waals surface area contributed by atoms with Gasteiger partial charge in [0.25, 0.3) is 0 Å². The lowest BCUT2D eigenvalue weighted by atomic mass is 10.3. The number of hydrogen-bond acceptors (Lipinski definition) is 3. The normalized spacial score (nSPS) is 13.8. The fraction of sp³-hybridized carbons (Fsp3) is 0.800. The van der Waals surface area contributed by atoms with Crippen molar-refractivity contribution in [1.29, 1.82) is 0 Å². The van der Waals surface area contributed by atoms with Gasteiger partial charge in [-0.3, -0.25) is 0 Å². The number of sulfonamides is 1. The summed E-state index contributed by atoms with van der Waals surface area (Å²) in [6, 6.07) is -0.108. The minimum Gasteiger partial charge on any atom is -0.313 e. The molecule has 0 aromatic heterocycles. The lowest BCUT2D eigenvalue weighted by Gasteiger charge is -2.12. The minimum atomic E-state index is -3.26. The highest BCUT2D eigenvalue weighted by atomic mass is 32.2. The number of terminal acetylenes is 1. The van der Waals surface area contributed by atoms with Gasteiger partial charge in [-0.2, -0.15) is 0 Å². The molecule has 0 aromatic rings. The quantitative estimate of drug-likeness (QED) is 0.621. The highest BCUT2D eigenvalue weighted by Crippen LogP contribution is 1.93. The van der Waals surface area contributed by atoms with Crippen molar-refractivity contribution in [3.05, 3.63) is 0 Å². The molecule has 0 aromatic carbocycles. The third-order valence-corrected chi connectivity index (χ3v) is 3.24. The van der Waals surface area contributed by atoms with E-state index >= 15 is 0 Å². The predicted molar refractivity (Wildman–Crippen MR) is 63.0 cm³/mol. The topological polar surface area (TPSA) is 58.2 Å². The van der Waals surface area contributed by atoms with Gasteiger partial charge in [0.1, 0.15) is 0 Å². The van der Waals surface area contributed by atoms with Gasteiger partial charge < -0.3 is 5.32 Å². The van der Waals surface area contributed by atoms with E-state index in [0.29, 0.717) is 13.0 Å². The second-order valence-electron chi connectivity index (χ2n) is 3.67. The van der Waals surface area contributed by atoms with Crippen molar-refractivity contribution < 1.29 is 8.42 Å². The molecule has 0 rings (SSSR count). The standard InChI is InChI=1S/C10H20N2O2S/c1-5-10(6-2)12-15(13,14)8-7-11-9(3)4/h1,9-12H,6-8H2,2-4H3. The molecule has 2 N–H and O–H groups in total.